The number of rotatable bonds is 6. The Kier molecular flexibility index (Phi) is 6.94. The van der Waals surface area contributed by atoms with E-state index in [2.05, 4.69) is 5.32 Å². The highest BCUT2D eigenvalue weighted by molar-refractivity contribution is 7.89. The third-order valence-electron chi connectivity index (χ3n) is 5.01. The predicted octanol–water partition coefficient (Wildman–Crippen LogP) is 2.06. The molecule has 0 aliphatic carbocycles. The molecule has 0 bridgehead atoms. The molecule has 1 aliphatic heterocycles. The number of benzene rings is 2. The van der Waals surface area contributed by atoms with Gasteiger partial charge in [-0.3, -0.25) is 4.79 Å². The minimum atomic E-state index is -3.79. The quantitative estimate of drug-likeness (QED) is 0.674. The Bertz CT molecular complexity index is 1090. The van der Waals surface area contributed by atoms with Crippen molar-refractivity contribution >= 4 is 27.6 Å². The topological polar surface area (TPSA) is 111 Å². The average molecular weight is 448 g/mol. The summed E-state index contributed by atoms with van der Waals surface area (Å²) in [5.74, 6) is -0.869. The number of hydrogen-bond donors (Lipinski definition) is 1. The molecule has 3 rings (SSSR count). The number of amides is 1. The maximum atomic E-state index is 13.0. The maximum absolute atomic E-state index is 13.0. The molecule has 1 amide bonds. The Morgan fingerprint density at radius 2 is 1.77 bits per heavy atom. The van der Waals surface area contributed by atoms with E-state index in [1.165, 1.54) is 36.7 Å². The molecule has 0 unspecified atom stereocenters. The van der Waals surface area contributed by atoms with E-state index in [-0.39, 0.29) is 29.3 Å². The van der Waals surface area contributed by atoms with E-state index < -0.39 is 21.9 Å². The largest absolute Gasteiger partial charge is 0.496 e. The first-order chi connectivity index (χ1) is 14.8. The first-order valence-corrected chi connectivity index (χ1v) is 11.0. The number of nitrogens with one attached hydrogen (secondary N) is 1. The van der Waals surface area contributed by atoms with E-state index >= 15 is 0 Å². The molecule has 9 nitrogen and oxygen atoms in total. The van der Waals surface area contributed by atoms with Crippen LogP contribution in [0, 0.1) is 6.92 Å². The molecule has 0 saturated carbocycles. The van der Waals surface area contributed by atoms with E-state index in [9.17, 15) is 18.0 Å². The Balaban J connectivity index is 1.94. The summed E-state index contributed by atoms with van der Waals surface area (Å²) in [6.45, 7) is 2.81. The highest BCUT2D eigenvalue weighted by Crippen LogP contribution is 2.27. The van der Waals surface area contributed by atoms with Crippen LogP contribution in [0.15, 0.2) is 41.3 Å². The number of sulfonamides is 1. The minimum absolute atomic E-state index is 0.0135. The highest BCUT2D eigenvalue weighted by Gasteiger charge is 2.28. The molecule has 1 N–H and O–H groups in total. The zero-order valence-electron chi connectivity index (χ0n) is 17.5. The number of ether oxygens (including phenoxy) is 3. The molecule has 0 aromatic heterocycles. The number of anilines is 1. The Morgan fingerprint density at radius 1 is 1.06 bits per heavy atom. The summed E-state index contributed by atoms with van der Waals surface area (Å²) < 4.78 is 42.5. The lowest BCUT2D eigenvalue weighted by Crippen LogP contribution is -2.40. The number of methoxy groups -OCH3 is 2. The lowest BCUT2D eigenvalue weighted by Gasteiger charge is -2.26. The van der Waals surface area contributed by atoms with Gasteiger partial charge in [0, 0.05) is 18.8 Å². The molecule has 0 radical (unpaired) electrons. The number of carbonyl (C=O) groups excluding carboxylic acids is 2. The number of hydrogen-bond acceptors (Lipinski definition) is 7. The van der Waals surface area contributed by atoms with Crippen LogP contribution in [0.2, 0.25) is 0 Å². The van der Waals surface area contributed by atoms with Gasteiger partial charge in [0.1, 0.15) is 5.75 Å². The molecule has 0 spiro atoms. The second-order valence-corrected chi connectivity index (χ2v) is 8.74. The summed E-state index contributed by atoms with van der Waals surface area (Å²) in [5, 5.41) is 2.72. The molecule has 31 heavy (non-hydrogen) atoms. The number of carbonyl (C=O) groups is 2. The molecule has 10 heteroatoms. The van der Waals surface area contributed by atoms with Crippen molar-refractivity contribution in [3.8, 4) is 5.75 Å². The molecule has 166 valence electrons. The third-order valence-corrected chi connectivity index (χ3v) is 6.91. The van der Waals surface area contributed by atoms with Crippen molar-refractivity contribution in [2.45, 2.75) is 11.8 Å². The van der Waals surface area contributed by atoms with Gasteiger partial charge in [0.15, 0.2) is 0 Å². The molecule has 2 aromatic carbocycles. The van der Waals surface area contributed by atoms with Crippen LogP contribution in [-0.4, -0.2) is 65.1 Å². The van der Waals surface area contributed by atoms with Crippen molar-refractivity contribution in [1.29, 1.82) is 0 Å². The fourth-order valence-electron chi connectivity index (χ4n) is 3.25. The van der Waals surface area contributed by atoms with Gasteiger partial charge in [-0.25, -0.2) is 13.2 Å². The molecule has 1 fully saturated rings. The first kappa shape index (κ1) is 22.7. The van der Waals surface area contributed by atoms with Crippen LogP contribution in [0.1, 0.15) is 26.3 Å². The lowest BCUT2D eigenvalue weighted by atomic mass is 10.1. The zero-order chi connectivity index (χ0) is 22.6. The van der Waals surface area contributed by atoms with Crippen LogP contribution >= 0.6 is 0 Å². The zero-order valence-corrected chi connectivity index (χ0v) is 18.3. The third kappa shape index (κ3) is 4.71. The molecule has 2 aromatic rings. The van der Waals surface area contributed by atoms with Crippen LogP contribution < -0.4 is 10.1 Å². The molecular weight excluding hydrogens is 424 g/mol. The standard InChI is InChI=1S/C21H24N2O7S/c1-14-16(21(25)29-3)5-4-6-18(14)22-20(24)17-13-15(7-8-19(17)28-2)31(26,27)23-9-11-30-12-10-23/h4-8,13H,9-12H2,1-3H3,(H,22,24). The Morgan fingerprint density at radius 3 is 2.42 bits per heavy atom. The van der Waals surface area contributed by atoms with Gasteiger partial charge in [-0.15, -0.1) is 0 Å². The number of nitrogens with zero attached hydrogens (tertiary/aromatic N) is 1. The fraction of sp³-hybridized carbons (Fsp3) is 0.333. The van der Waals surface area contributed by atoms with E-state index in [1.54, 1.807) is 25.1 Å². The van der Waals surface area contributed by atoms with Crippen molar-refractivity contribution in [2.75, 3.05) is 45.8 Å². The van der Waals surface area contributed by atoms with Gasteiger partial charge in [0.25, 0.3) is 5.91 Å². The number of morpholine rings is 1. The molecule has 1 aliphatic rings. The highest BCUT2D eigenvalue weighted by atomic mass is 32.2. The predicted molar refractivity (Wildman–Crippen MR) is 113 cm³/mol. The molecular formula is C21H24N2O7S. The van der Waals surface area contributed by atoms with Crippen LogP contribution in [0.4, 0.5) is 5.69 Å². The Labute approximate surface area is 181 Å². The molecule has 1 heterocycles. The number of esters is 1. The van der Waals surface area contributed by atoms with Gasteiger partial charge in [0.2, 0.25) is 10.0 Å². The second-order valence-electron chi connectivity index (χ2n) is 6.80. The first-order valence-electron chi connectivity index (χ1n) is 9.54. The van der Waals surface area contributed by atoms with E-state index in [4.69, 9.17) is 14.2 Å². The maximum Gasteiger partial charge on any atom is 0.338 e. The van der Waals surface area contributed by atoms with Gasteiger partial charge < -0.3 is 19.5 Å². The van der Waals surface area contributed by atoms with Gasteiger partial charge >= 0.3 is 5.97 Å². The van der Waals surface area contributed by atoms with E-state index in [0.29, 0.717) is 30.0 Å². The van der Waals surface area contributed by atoms with E-state index in [1.807, 2.05) is 0 Å². The van der Waals surface area contributed by atoms with Crippen molar-refractivity contribution in [3.05, 3.63) is 53.1 Å². The summed E-state index contributed by atoms with van der Waals surface area (Å²) in [6, 6.07) is 8.99. The van der Waals surface area contributed by atoms with Gasteiger partial charge in [-0.1, -0.05) is 6.07 Å². The molecule has 0 atom stereocenters. The monoisotopic (exact) mass is 448 g/mol. The summed E-state index contributed by atoms with van der Waals surface area (Å²) in [6.07, 6.45) is 0. The SMILES string of the molecule is COC(=O)c1cccc(NC(=O)c2cc(S(=O)(=O)N3CCOCC3)ccc2OC)c1C. The van der Waals surface area contributed by atoms with Crippen molar-refractivity contribution in [2.24, 2.45) is 0 Å². The van der Waals surface area contributed by atoms with Gasteiger partial charge in [0.05, 0.1) is 43.5 Å². The van der Waals surface area contributed by atoms with Crippen molar-refractivity contribution < 1.29 is 32.2 Å². The summed E-state index contributed by atoms with van der Waals surface area (Å²) in [5.41, 5.74) is 1.30. The average Bonchev–Trinajstić information content (AvgIpc) is 2.80. The van der Waals surface area contributed by atoms with Crippen LogP contribution in [0.5, 0.6) is 5.75 Å². The van der Waals surface area contributed by atoms with Gasteiger partial charge in [-0.05, 0) is 42.8 Å². The van der Waals surface area contributed by atoms with Crippen LogP contribution in [-0.2, 0) is 19.5 Å². The van der Waals surface area contributed by atoms with E-state index in [0.717, 1.165) is 0 Å². The van der Waals surface area contributed by atoms with Crippen LogP contribution in [0.25, 0.3) is 0 Å². The molecule has 1 saturated heterocycles. The van der Waals surface area contributed by atoms with Gasteiger partial charge in [-0.2, -0.15) is 4.31 Å². The normalized spacial score (nSPS) is 14.7. The Hall–Kier alpha value is -2.95. The summed E-state index contributed by atoms with van der Waals surface area (Å²) >= 11 is 0. The van der Waals surface area contributed by atoms with Crippen molar-refractivity contribution in [1.82, 2.24) is 4.31 Å². The summed E-state index contributed by atoms with van der Waals surface area (Å²) in [4.78, 5) is 24.9. The fourth-order valence-corrected chi connectivity index (χ4v) is 4.69. The minimum Gasteiger partial charge on any atom is -0.496 e. The van der Waals surface area contributed by atoms with Crippen molar-refractivity contribution in [3.63, 3.8) is 0 Å². The second kappa shape index (κ2) is 9.46. The smallest absolute Gasteiger partial charge is 0.338 e. The summed E-state index contributed by atoms with van der Waals surface area (Å²) in [7, 11) is -1.12. The lowest BCUT2D eigenvalue weighted by molar-refractivity contribution is 0.0599. The van der Waals surface area contributed by atoms with Crippen LogP contribution in [0.3, 0.4) is 0 Å².